The molecule has 0 saturated carbocycles. The summed E-state index contributed by atoms with van der Waals surface area (Å²) in [6.07, 6.45) is 0.902. The number of nitrogens with two attached hydrogens (primary N) is 1. The Morgan fingerprint density at radius 2 is 1.95 bits per heavy atom. The lowest BCUT2D eigenvalue weighted by molar-refractivity contribution is 0.330. The quantitative estimate of drug-likeness (QED) is 0.758. The molecule has 2 atom stereocenters. The van der Waals surface area contributed by atoms with Gasteiger partial charge in [-0.25, -0.2) is 13.1 Å². The topological polar surface area (TPSA) is 81.4 Å². The summed E-state index contributed by atoms with van der Waals surface area (Å²) in [6.45, 7) is 8.10. The third kappa shape index (κ3) is 4.11. The van der Waals surface area contributed by atoms with Gasteiger partial charge in [-0.15, -0.1) is 0 Å². The molecule has 2 unspecified atom stereocenters. The van der Waals surface area contributed by atoms with E-state index in [1.54, 1.807) is 12.1 Å². The molecule has 114 valence electrons. The monoisotopic (exact) mass is 300 g/mol. The fraction of sp³-hybridized carbons (Fsp3) is 0.571. The minimum absolute atomic E-state index is 0.0921. The van der Waals surface area contributed by atoms with Crippen molar-refractivity contribution in [3.8, 4) is 5.75 Å². The van der Waals surface area contributed by atoms with Crippen LogP contribution >= 0.6 is 0 Å². The second kappa shape index (κ2) is 6.95. The smallest absolute Gasteiger partial charge is 0.244 e. The third-order valence-corrected chi connectivity index (χ3v) is 4.98. The van der Waals surface area contributed by atoms with Gasteiger partial charge in [-0.1, -0.05) is 20.3 Å². The first-order valence-corrected chi connectivity index (χ1v) is 8.34. The summed E-state index contributed by atoms with van der Waals surface area (Å²) in [6, 6.07) is 4.49. The predicted octanol–water partition coefficient (Wildman–Crippen LogP) is 2.38. The Kier molecular flexibility index (Phi) is 5.83. The summed E-state index contributed by atoms with van der Waals surface area (Å²) in [4.78, 5) is 0.0921. The molecular formula is C14H24N2O3S. The van der Waals surface area contributed by atoms with Crippen molar-refractivity contribution in [3.63, 3.8) is 0 Å². The van der Waals surface area contributed by atoms with Gasteiger partial charge in [0.25, 0.3) is 0 Å². The Bertz CT molecular complexity index is 543. The van der Waals surface area contributed by atoms with E-state index in [1.165, 1.54) is 6.07 Å². The lowest BCUT2D eigenvalue weighted by atomic mass is 10.0. The highest BCUT2D eigenvalue weighted by molar-refractivity contribution is 7.89. The van der Waals surface area contributed by atoms with Crippen LogP contribution in [-0.2, 0) is 10.0 Å². The van der Waals surface area contributed by atoms with Crippen molar-refractivity contribution in [2.24, 2.45) is 5.92 Å². The van der Waals surface area contributed by atoms with Crippen molar-refractivity contribution < 1.29 is 13.2 Å². The van der Waals surface area contributed by atoms with Crippen LogP contribution in [0.25, 0.3) is 0 Å². The molecule has 0 saturated heterocycles. The molecule has 0 bridgehead atoms. The summed E-state index contributed by atoms with van der Waals surface area (Å²) in [5, 5.41) is 0. The number of nitrogen functional groups attached to an aromatic ring is 1. The number of anilines is 1. The van der Waals surface area contributed by atoms with Gasteiger partial charge in [0.05, 0.1) is 6.61 Å². The fourth-order valence-corrected chi connectivity index (χ4v) is 3.32. The molecule has 0 heterocycles. The van der Waals surface area contributed by atoms with Crippen LogP contribution in [0.3, 0.4) is 0 Å². The molecule has 6 heteroatoms. The summed E-state index contributed by atoms with van der Waals surface area (Å²) in [5.41, 5.74) is 6.08. The molecule has 1 aromatic rings. The summed E-state index contributed by atoms with van der Waals surface area (Å²) >= 11 is 0. The van der Waals surface area contributed by atoms with Crippen molar-refractivity contribution in [1.29, 1.82) is 0 Å². The molecule has 1 rings (SSSR count). The SMILES string of the molecule is CCOc1ccc(N)cc1S(=O)(=O)NC(C)C(C)CC. The van der Waals surface area contributed by atoms with Gasteiger partial charge in [0, 0.05) is 11.7 Å². The van der Waals surface area contributed by atoms with E-state index in [4.69, 9.17) is 10.5 Å². The van der Waals surface area contributed by atoms with Crippen LogP contribution < -0.4 is 15.2 Å². The Balaban J connectivity index is 3.11. The minimum Gasteiger partial charge on any atom is -0.492 e. The number of rotatable bonds is 7. The van der Waals surface area contributed by atoms with Crippen molar-refractivity contribution in [2.45, 2.75) is 45.1 Å². The van der Waals surface area contributed by atoms with E-state index in [0.717, 1.165) is 6.42 Å². The Labute approximate surface area is 121 Å². The van der Waals surface area contributed by atoms with Gasteiger partial charge in [-0.3, -0.25) is 0 Å². The standard InChI is InChI=1S/C14H24N2O3S/c1-5-10(3)11(4)16-20(17,18)14-9-12(15)7-8-13(14)19-6-2/h7-11,16H,5-6,15H2,1-4H3. The number of hydrogen-bond donors (Lipinski definition) is 2. The van der Waals surface area contributed by atoms with Crippen molar-refractivity contribution in [3.05, 3.63) is 18.2 Å². The highest BCUT2D eigenvalue weighted by atomic mass is 32.2. The molecule has 5 nitrogen and oxygen atoms in total. The molecule has 0 spiro atoms. The summed E-state index contributed by atoms with van der Waals surface area (Å²) in [5.74, 6) is 0.576. The number of sulfonamides is 1. The number of nitrogens with one attached hydrogen (secondary N) is 1. The molecule has 3 N–H and O–H groups in total. The molecule has 0 amide bonds. The molecule has 0 fully saturated rings. The van der Waals surface area contributed by atoms with Crippen molar-refractivity contribution in [2.75, 3.05) is 12.3 Å². The van der Waals surface area contributed by atoms with Crippen LogP contribution in [0.1, 0.15) is 34.1 Å². The zero-order valence-corrected chi connectivity index (χ0v) is 13.3. The van der Waals surface area contributed by atoms with E-state index in [2.05, 4.69) is 4.72 Å². The van der Waals surface area contributed by atoms with Crippen LogP contribution in [-0.4, -0.2) is 21.1 Å². The van der Waals surface area contributed by atoms with E-state index < -0.39 is 10.0 Å². The maximum atomic E-state index is 12.5. The first-order chi connectivity index (χ1) is 9.31. The van der Waals surface area contributed by atoms with Gasteiger partial charge in [0.1, 0.15) is 10.6 Å². The highest BCUT2D eigenvalue weighted by Crippen LogP contribution is 2.26. The highest BCUT2D eigenvalue weighted by Gasteiger charge is 2.24. The maximum absolute atomic E-state index is 12.5. The number of ether oxygens (including phenoxy) is 1. The Hall–Kier alpha value is -1.27. The van der Waals surface area contributed by atoms with Gasteiger partial charge in [0.15, 0.2) is 0 Å². The number of benzene rings is 1. The lowest BCUT2D eigenvalue weighted by Gasteiger charge is -2.21. The molecule has 0 radical (unpaired) electrons. The zero-order valence-electron chi connectivity index (χ0n) is 12.5. The van der Waals surface area contributed by atoms with E-state index in [9.17, 15) is 8.42 Å². The van der Waals surface area contributed by atoms with Crippen LogP contribution in [0.4, 0.5) is 5.69 Å². The Morgan fingerprint density at radius 1 is 1.30 bits per heavy atom. The largest absolute Gasteiger partial charge is 0.492 e. The molecule has 20 heavy (non-hydrogen) atoms. The molecule has 0 aromatic heterocycles. The molecule has 0 aliphatic heterocycles. The average Bonchev–Trinajstić information content (AvgIpc) is 2.39. The van der Waals surface area contributed by atoms with Gasteiger partial charge >= 0.3 is 0 Å². The third-order valence-electron chi connectivity index (χ3n) is 3.40. The fourth-order valence-electron chi connectivity index (χ4n) is 1.79. The molecular weight excluding hydrogens is 276 g/mol. The summed E-state index contributed by atoms with van der Waals surface area (Å²) in [7, 11) is -3.64. The van der Waals surface area contributed by atoms with Crippen LogP contribution in [0.5, 0.6) is 5.75 Å². The lowest BCUT2D eigenvalue weighted by Crippen LogP contribution is -2.37. The van der Waals surface area contributed by atoms with E-state index in [1.807, 2.05) is 27.7 Å². The van der Waals surface area contributed by atoms with Crippen LogP contribution in [0.15, 0.2) is 23.1 Å². The summed E-state index contributed by atoms with van der Waals surface area (Å²) < 4.78 is 33.0. The van der Waals surface area contributed by atoms with Gasteiger partial charge < -0.3 is 10.5 Å². The second-order valence-electron chi connectivity index (χ2n) is 4.93. The molecule has 0 aliphatic rings. The first-order valence-electron chi connectivity index (χ1n) is 6.86. The maximum Gasteiger partial charge on any atom is 0.244 e. The minimum atomic E-state index is -3.64. The number of hydrogen-bond acceptors (Lipinski definition) is 4. The van der Waals surface area contributed by atoms with Gasteiger partial charge in [-0.05, 0) is 38.0 Å². The van der Waals surface area contributed by atoms with Gasteiger partial charge in [0.2, 0.25) is 10.0 Å². The van der Waals surface area contributed by atoms with E-state index in [0.29, 0.717) is 18.0 Å². The van der Waals surface area contributed by atoms with Crippen molar-refractivity contribution >= 4 is 15.7 Å². The Morgan fingerprint density at radius 3 is 2.50 bits per heavy atom. The predicted molar refractivity (Wildman–Crippen MR) is 81.3 cm³/mol. The van der Waals surface area contributed by atoms with Crippen LogP contribution in [0.2, 0.25) is 0 Å². The van der Waals surface area contributed by atoms with Crippen molar-refractivity contribution in [1.82, 2.24) is 4.72 Å². The first kappa shape index (κ1) is 16.8. The van der Waals surface area contributed by atoms with Gasteiger partial charge in [-0.2, -0.15) is 0 Å². The average molecular weight is 300 g/mol. The van der Waals surface area contributed by atoms with E-state index >= 15 is 0 Å². The second-order valence-corrected chi connectivity index (χ2v) is 6.62. The molecule has 1 aromatic carbocycles. The normalized spacial score (nSPS) is 14.8. The van der Waals surface area contributed by atoms with E-state index in [-0.39, 0.29) is 16.9 Å². The zero-order chi connectivity index (χ0) is 15.3. The van der Waals surface area contributed by atoms with Crippen LogP contribution in [0, 0.1) is 5.92 Å². The molecule has 0 aliphatic carbocycles.